The number of anilines is 3. The number of ether oxygens (including phenoxy) is 1. The van der Waals surface area contributed by atoms with Gasteiger partial charge >= 0.3 is 6.09 Å². The van der Waals surface area contributed by atoms with Crippen LogP contribution in [0.4, 0.5) is 26.4 Å². The molecule has 0 saturated carbocycles. The average molecular weight is 485 g/mol. The predicted molar refractivity (Wildman–Crippen MR) is 130 cm³/mol. The third-order valence-electron chi connectivity index (χ3n) is 6.28. The van der Waals surface area contributed by atoms with E-state index >= 15 is 4.39 Å². The highest BCUT2D eigenvalue weighted by Crippen LogP contribution is 2.38. The van der Waals surface area contributed by atoms with Crippen LogP contribution in [-0.4, -0.2) is 56.9 Å². The third kappa shape index (κ3) is 4.10. The Bertz CT molecular complexity index is 1280. The van der Waals surface area contributed by atoms with Gasteiger partial charge in [-0.15, -0.1) is 4.31 Å². The van der Waals surface area contributed by atoms with Crippen molar-refractivity contribution in [3.05, 3.63) is 41.6 Å². The Morgan fingerprint density at radius 3 is 2.88 bits per heavy atom. The number of rotatable bonds is 4. The maximum absolute atomic E-state index is 15.3. The van der Waals surface area contributed by atoms with Crippen LogP contribution in [0.2, 0.25) is 0 Å². The minimum atomic E-state index is -1.08. The quantitative estimate of drug-likeness (QED) is 0.380. The fourth-order valence-corrected chi connectivity index (χ4v) is 5.10. The normalized spacial score (nSPS) is 16.9. The molecule has 1 aromatic carbocycles. The Hall–Kier alpha value is -3.15. The zero-order chi connectivity index (χ0) is 24.0. The van der Waals surface area contributed by atoms with Gasteiger partial charge in [-0.2, -0.15) is 0 Å². The standard InChI is InChI=1S/C23H25FN6O3S/c1-12-16(8-27-18-4-3-5-26-22(12)18)15-6-13-7-19(28-9-17(13)21(25)20(15)24)29-23(31)33-14-10-30(11-14)34(2)32/h6-9,14,26H,3-5,10-11,25H2,1-2H3,(H,28,29,31). The second-order valence-electron chi connectivity index (χ2n) is 8.51. The highest BCUT2D eigenvalue weighted by atomic mass is 32.2. The number of amides is 1. The summed E-state index contributed by atoms with van der Waals surface area (Å²) in [4.78, 5) is 21.0. The first-order chi connectivity index (χ1) is 16.3. The van der Waals surface area contributed by atoms with E-state index in [0.29, 0.717) is 35.0 Å². The summed E-state index contributed by atoms with van der Waals surface area (Å²) in [7, 11) is 0. The molecule has 2 aliphatic heterocycles. The van der Waals surface area contributed by atoms with Crippen molar-refractivity contribution in [3.63, 3.8) is 0 Å². The van der Waals surface area contributed by atoms with E-state index in [1.807, 2.05) is 6.92 Å². The fourth-order valence-electron chi connectivity index (χ4n) is 4.35. The van der Waals surface area contributed by atoms with Crippen LogP contribution in [0.25, 0.3) is 21.9 Å². The van der Waals surface area contributed by atoms with Gasteiger partial charge in [0.1, 0.15) is 18.2 Å². The van der Waals surface area contributed by atoms with E-state index in [4.69, 9.17) is 10.5 Å². The minimum Gasteiger partial charge on any atom is -0.598 e. The van der Waals surface area contributed by atoms with Gasteiger partial charge in [0.25, 0.3) is 0 Å². The van der Waals surface area contributed by atoms with Crippen molar-refractivity contribution in [1.82, 2.24) is 14.3 Å². The zero-order valence-corrected chi connectivity index (χ0v) is 19.7. The number of nitrogens with one attached hydrogen (secondary N) is 2. The molecule has 4 heterocycles. The van der Waals surface area contributed by atoms with E-state index in [1.54, 1.807) is 28.9 Å². The molecule has 11 heteroatoms. The number of carbonyl (C=O) groups is 1. The second-order valence-corrected chi connectivity index (χ2v) is 9.88. The summed E-state index contributed by atoms with van der Waals surface area (Å²) in [5, 5.41) is 7.04. The molecule has 5 rings (SSSR count). The SMILES string of the molecule is Cc1c(-c2cc3cc(NC(=O)OC4CN([S+](C)[O-])C4)ncc3c(N)c2F)cnc2c1NCCC2. The van der Waals surface area contributed by atoms with Gasteiger partial charge in [-0.1, -0.05) is 0 Å². The van der Waals surface area contributed by atoms with Gasteiger partial charge in [0, 0.05) is 46.8 Å². The summed E-state index contributed by atoms with van der Waals surface area (Å²) in [6.07, 6.45) is 5.61. The summed E-state index contributed by atoms with van der Waals surface area (Å²) < 4.78 is 33.7. The van der Waals surface area contributed by atoms with Gasteiger partial charge in [-0.3, -0.25) is 10.3 Å². The van der Waals surface area contributed by atoms with Crippen molar-refractivity contribution in [1.29, 1.82) is 0 Å². The molecule has 0 spiro atoms. The van der Waals surface area contributed by atoms with Gasteiger partial charge in [-0.05, 0) is 42.8 Å². The molecule has 0 bridgehead atoms. The Morgan fingerprint density at radius 1 is 1.32 bits per heavy atom. The molecule has 0 aliphatic carbocycles. The summed E-state index contributed by atoms with van der Waals surface area (Å²) in [6.45, 7) is 3.64. The largest absolute Gasteiger partial charge is 0.598 e. The molecular weight excluding hydrogens is 459 g/mol. The van der Waals surface area contributed by atoms with E-state index < -0.39 is 23.3 Å². The van der Waals surface area contributed by atoms with Gasteiger partial charge in [-0.25, -0.2) is 14.2 Å². The highest BCUT2D eigenvalue weighted by Gasteiger charge is 2.36. The van der Waals surface area contributed by atoms with Crippen LogP contribution < -0.4 is 16.4 Å². The Kier molecular flexibility index (Phi) is 5.92. The minimum absolute atomic E-state index is 0.0127. The van der Waals surface area contributed by atoms with Crippen LogP contribution in [-0.2, 0) is 22.5 Å². The lowest BCUT2D eigenvalue weighted by Crippen LogP contribution is -2.55. The molecule has 2 aliphatic rings. The molecule has 34 heavy (non-hydrogen) atoms. The number of nitrogen functional groups attached to an aromatic ring is 1. The molecule has 178 valence electrons. The van der Waals surface area contributed by atoms with Crippen LogP contribution in [0.15, 0.2) is 24.5 Å². The first kappa shape index (κ1) is 22.6. The smallest absolute Gasteiger partial charge is 0.413 e. The van der Waals surface area contributed by atoms with E-state index in [0.717, 1.165) is 36.3 Å². The molecule has 4 N–H and O–H groups in total. The second kappa shape index (κ2) is 8.90. The summed E-state index contributed by atoms with van der Waals surface area (Å²) >= 11 is -1.08. The van der Waals surface area contributed by atoms with E-state index in [1.165, 1.54) is 6.20 Å². The highest BCUT2D eigenvalue weighted by molar-refractivity contribution is 7.88. The lowest BCUT2D eigenvalue weighted by atomic mass is 9.95. The molecule has 1 saturated heterocycles. The number of hydrogen-bond donors (Lipinski definition) is 3. The molecule has 1 fully saturated rings. The molecule has 2 aromatic heterocycles. The van der Waals surface area contributed by atoms with Crippen molar-refractivity contribution in [3.8, 4) is 11.1 Å². The maximum Gasteiger partial charge on any atom is 0.413 e. The number of aryl methyl sites for hydroxylation is 1. The number of fused-ring (bicyclic) bond motifs is 2. The van der Waals surface area contributed by atoms with Crippen molar-refractivity contribution in [2.45, 2.75) is 25.9 Å². The number of pyridine rings is 2. The monoisotopic (exact) mass is 484 g/mol. The van der Waals surface area contributed by atoms with Gasteiger partial charge < -0.3 is 20.3 Å². The summed E-state index contributed by atoms with van der Waals surface area (Å²) in [5.74, 6) is -0.274. The zero-order valence-electron chi connectivity index (χ0n) is 18.9. The van der Waals surface area contributed by atoms with E-state index in [2.05, 4.69) is 20.6 Å². The van der Waals surface area contributed by atoms with Crippen LogP contribution >= 0.6 is 0 Å². The topological polar surface area (TPSA) is 128 Å². The van der Waals surface area contributed by atoms with Gasteiger partial charge in [0.15, 0.2) is 5.82 Å². The molecule has 3 aromatic rings. The first-order valence-corrected chi connectivity index (χ1v) is 12.5. The Labute approximate surface area is 199 Å². The molecule has 1 atom stereocenters. The number of carbonyl (C=O) groups excluding carboxylic acids is 1. The Morgan fingerprint density at radius 2 is 2.12 bits per heavy atom. The molecular formula is C23H25FN6O3S. The van der Waals surface area contributed by atoms with Crippen molar-refractivity contribution < 1.29 is 18.5 Å². The lowest BCUT2D eigenvalue weighted by molar-refractivity contribution is 0.0349. The van der Waals surface area contributed by atoms with Crippen molar-refractivity contribution in [2.75, 3.05) is 42.3 Å². The van der Waals surface area contributed by atoms with Crippen LogP contribution in [0.5, 0.6) is 0 Å². The van der Waals surface area contributed by atoms with E-state index in [-0.39, 0.29) is 17.6 Å². The number of halogens is 1. The lowest BCUT2D eigenvalue weighted by Gasteiger charge is -2.35. The fraction of sp³-hybridized carbons (Fsp3) is 0.348. The van der Waals surface area contributed by atoms with Crippen molar-refractivity contribution >= 4 is 45.4 Å². The number of aromatic nitrogens is 2. The predicted octanol–water partition coefficient (Wildman–Crippen LogP) is 3.21. The average Bonchev–Trinajstić information content (AvgIpc) is 2.79. The van der Waals surface area contributed by atoms with Crippen LogP contribution in [0.1, 0.15) is 17.7 Å². The number of benzene rings is 1. The third-order valence-corrected chi connectivity index (χ3v) is 7.31. The van der Waals surface area contributed by atoms with E-state index in [9.17, 15) is 9.35 Å². The van der Waals surface area contributed by atoms with Crippen LogP contribution in [0, 0.1) is 12.7 Å². The number of nitrogens with two attached hydrogens (primary N) is 1. The summed E-state index contributed by atoms with van der Waals surface area (Å²) in [5.41, 5.74) is 9.97. The van der Waals surface area contributed by atoms with Crippen molar-refractivity contribution in [2.24, 2.45) is 0 Å². The molecule has 9 nitrogen and oxygen atoms in total. The Balaban J connectivity index is 1.42. The number of hydrogen-bond acceptors (Lipinski definition) is 8. The molecule has 1 unspecified atom stereocenters. The van der Waals surface area contributed by atoms with Gasteiger partial charge in [0.05, 0.1) is 30.2 Å². The number of nitrogens with zero attached hydrogens (tertiary/aromatic N) is 3. The molecule has 0 radical (unpaired) electrons. The molecule has 1 amide bonds. The van der Waals surface area contributed by atoms with Gasteiger partial charge in [0.2, 0.25) is 0 Å². The first-order valence-electron chi connectivity index (χ1n) is 11.0. The summed E-state index contributed by atoms with van der Waals surface area (Å²) in [6, 6.07) is 3.32. The maximum atomic E-state index is 15.3. The van der Waals surface area contributed by atoms with Crippen LogP contribution in [0.3, 0.4) is 0 Å².